The number of aromatic nitrogens is 1. The van der Waals surface area contributed by atoms with Gasteiger partial charge >= 0.3 is 0 Å². The summed E-state index contributed by atoms with van der Waals surface area (Å²) < 4.78 is 5.84. The van der Waals surface area contributed by atoms with Gasteiger partial charge in [-0.2, -0.15) is 0 Å². The first-order chi connectivity index (χ1) is 8.69. The molecule has 0 spiro atoms. The Morgan fingerprint density at radius 3 is 3.06 bits per heavy atom. The molecule has 0 fully saturated rings. The highest BCUT2D eigenvalue weighted by Gasteiger charge is 2.19. The maximum Gasteiger partial charge on any atom is 0.119 e. The molecular formula is C13H13N2OS2-. The van der Waals surface area contributed by atoms with Crippen molar-refractivity contribution in [1.29, 1.82) is 0 Å². The van der Waals surface area contributed by atoms with Crippen molar-refractivity contribution in [2.24, 2.45) is 0 Å². The van der Waals surface area contributed by atoms with Gasteiger partial charge in [-0.25, -0.2) is 0 Å². The Balaban J connectivity index is 2.10. The minimum absolute atomic E-state index is 0.554. The number of fused-ring (bicyclic) bond motifs is 3. The zero-order chi connectivity index (χ0) is 12.7. The molecule has 0 saturated carbocycles. The van der Waals surface area contributed by atoms with E-state index in [1.165, 1.54) is 16.6 Å². The summed E-state index contributed by atoms with van der Waals surface area (Å²) >= 11 is 10.2. The second kappa shape index (κ2) is 4.40. The van der Waals surface area contributed by atoms with Gasteiger partial charge in [0.2, 0.25) is 0 Å². The summed E-state index contributed by atoms with van der Waals surface area (Å²) in [7, 11) is 1.69. The van der Waals surface area contributed by atoms with Gasteiger partial charge in [0.05, 0.1) is 7.11 Å². The van der Waals surface area contributed by atoms with E-state index >= 15 is 0 Å². The molecule has 18 heavy (non-hydrogen) atoms. The van der Waals surface area contributed by atoms with Crippen molar-refractivity contribution >= 4 is 40.1 Å². The lowest BCUT2D eigenvalue weighted by Crippen LogP contribution is -2.33. The second-order valence-electron chi connectivity index (χ2n) is 4.43. The minimum atomic E-state index is 0.554. The van der Waals surface area contributed by atoms with Crippen molar-refractivity contribution in [1.82, 2.24) is 9.88 Å². The third kappa shape index (κ3) is 1.83. The fraction of sp³-hybridized carbons (Fsp3) is 0.308. The molecule has 3 rings (SSSR count). The molecule has 2 heterocycles. The summed E-state index contributed by atoms with van der Waals surface area (Å²) in [4.78, 5) is 5.54. The van der Waals surface area contributed by atoms with Gasteiger partial charge in [-0.05, 0) is 18.2 Å². The van der Waals surface area contributed by atoms with Crippen LogP contribution in [0.2, 0.25) is 0 Å². The van der Waals surface area contributed by atoms with E-state index in [4.69, 9.17) is 29.6 Å². The number of aromatic amines is 1. The maximum atomic E-state index is 5.28. The van der Waals surface area contributed by atoms with Crippen molar-refractivity contribution < 1.29 is 4.74 Å². The highest BCUT2D eigenvalue weighted by Crippen LogP contribution is 2.30. The van der Waals surface area contributed by atoms with Crippen molar-refractivity contribution in [2.75, 3.05) is 13.7 Å². The lowest BCUT2D eigenvalue weighted by molar-refractivity contribution is 0.406. The van der Waals surface area contributed by atoms with Gasteiger partial charge in [0.25, 0.3) is 0 Å². The van der Waals surface area contributed by atoms with Gasteiger partial charge < -0.3 is 39.5 Å². The second-order valence-corrected chi connectivity index (χ2v) is 5.46. The Kier molecular flexibility index (Phi) is 2.87. The number of hydrogen-bond donors (Lipinski definition) is 1. The van der Waals surface area contributed by atoms with Crippen LogP contribution in [0.3, 0.4) is 0 Å². The number of nitrogens with zero attached hydrogens (tertiary/aromatic N) is 1. The summed E-state index contributed by atoms with van der Waals surface area (Å²) in [5.74, 6) is 0.877. The molecule has 0 saturated heterocycles. The largest absolute Gasteiger partial charge is 0.497 e. The molecule has 1 aromatic heterocycles. The van der Waals surface area contributed by atoms with Crippen LogP contribution in [-0.2, 0) is 25.6 Å². The highest BCUT2D eigenvalue weighted by atomic mass is 32.1. The van der Waals surface area contributed by atoms with Gasteiger partial charge in [0, 0.05) is 41.7 Å². The Bertz CT molecular complexity index is 621. The lowest BCUT2D eigenvalue weighted by Gasteiger charge is -2.32. The predicted octanol–water partition coefficient (Wildman–Crippen LogP) is 2.37. The van der Waals surface area contributed by atoms with Crippen LogP contribution >= 0.6 is 12.2 Å². The SMILES string of the molecule is COc1ccc2[nH]c3c(c2c1)CN(C(=S)[S-])CC3. The van der Waals surface area contributed by atoms with E-state index in [0.29, 0.717) is 4.32 Å². The van der Waals surface area contributed by atoms with Crippen LogP contribution in [0.4, 0.5) is 0 Å². The quantitative estimate of drug-likeness (QED) is 0.640. The van der Waals surface area contributed by atoms with Crippen molar-refractivity contribution in [2.45, 2.75) is 13.0 Å². The molecule has 2 aromatic rings. The molecule has 0 aliphatic carbocycles. The van der Waals surface area contributed by atoms with E-state index in [1.54, 1.807) is 7.11 Å². The van der Waals surface area contributed by atoms with Crippen LogP contribution in [0.15, 0.2) is 18.2 Å². The number of rotatable bonds is 1. The van der Waals surface area contributed by atoms with Crippen LogP contribution in [0, 0.1) is 0 Å². The van der Waals surface area contributed by atoms with E-state index in [1.807, 2.05) is 6.07 Å². The first-order valence-electron chi connectivity index (χ1n) is 5.82. The summed E-state index contributed by atoms with van der Waals surface area (Å²) in [5, 5.41) is 1.21. The normalized spacial score (nSPS) is 14.6. The number of thiocarbonyl (C=S) groups is 1. The van der Waals surface area contributed by atoms with E-state index in [2.05, 4.69) is 22.0 Å². The van der Waals surface area contributed by atoms with Gasteiger partial charge in [0.1, 0.15) is 5.75 Å². The predicted molar refractivity (Wildman–Crippen MR) is 78.9 cm³/mol. The monoisotopic (exact) mass is 277 g/mol. The molecule has 0 bridgehead atoms. The average molecular weight is 277 g/mol. The van der Waals surface area contributed by atoms with E-state index < -0.39 is 0 Å². The average Bonchev–Trinajstić information content (AvgIpc) is 2.75. The molecule has 1 aliphatic heterocycles. The molecule has 1 N–H and O–H groups in total. The molecule has 0 unspecified atom stereocenters. The van der Waals surface area contributed by atoms with Crippen LogP contribution in [0.5, 0.6) is 5.75 Å². The first-order valence-corrected chi connectivity index (χ1v) is 6.64. The van der Waals surface area contributed by atoms with Crippen LogP contribution in [0.25, 0.3) is 10.9 Å². The number of H-pyrrole nitrogens is 1. The number of hydrogen-bond acceptors (Lipinski definition) is 3. The van der Waals surface area contributed by atoms with Crippen LogP contribution in [0.1, 0.15) is 11.3 Å². The standard InChI is InChI=1S/C13H14N2OS2/c1-16-8-2-3-11-9(6-8)10-7-15(13(17)18)5-4-12(10)14-11/h2-3,6,14H,4-5,7H2,1H3,(H,17,18)/p-1. The Hall–Kier alpha value is -1.33. The molecular weight excluding hydrogens is 264 g/mol. The number of nitrogens with one attached hydrogen (secondary N) is 1. The Morgan fingerprint density at radius 1 is 1.50 bits per heavy atom. The van der Waals surface area contributed by atoms with Crippen LogP contribution < -0.4 is 4.74 Å². The lowest BCUT2D eigenvalue weighted by atomic mass is 10.0. The number of ether oxygens (including phenoxy) is 1. The van der Waals surface area contributed by atoms with Crippen molar-refractivity contribution in [3.05, 3.63) is 29.5 Å². The maximum absolute atomic E-state index is 5.28. The third-order valence-corrected chi connectivity index (χ3v) is 3.96. The minimum Gasteiger partial charge on any atom is -0.497 e. The summed E-state index contributed by atoms with van der Waals surface area (Å²) in [6, 6.07) is 6.10. The zero-order valence-electron chi connectivity index (χ0n) is 10.0. The molecule has 3 nitrogen and oxygen atoms in total. The first kappa shape index (κ1) is 11.7. The Morgan fingerprint density at radius 2 is 2.33 bits per heavy atom. The molecule has 0 amide bonds. The van der Waals surface area contributed by atoms with Crippen molar-refractivity contribution in [3.63, 3.8) is 0 Å². The summed E-state index contributed by atoms with van der Waals surface area (Å²) in [6.45, 7) is 1.70. The smallest absolute Gasteiger partial charge is 0.119 e. The topological polar surface area (TPSA) is 28.3 Å². The van der Waals surface area contributed by atoms with Crippen LogP contribution in [-0.4, -0.2) is 27.9 Å². The zero-order valence-corrected chi connectivity index (χ0v) is 11.7. The fourth-order valence-corrected chi connectivity index (χ4v) is 2.79. The van der Waals surface area contributed by atoms with E-state index in [0.717, 1.165) is 30.8 Å². The van der Waals surface area contributed by atoms with Gasteiger partial charge in [-0.1, -0.05) is 4.32 Å². The summed E-state index contributed by atoms with van der Waals surface area (Å²) in [5.41, 5.74) is 3.74. The van der Waals surface area contributed by atoms with Gasteiger partial charge in [-0.15, -0.1) is 0 Å². The van der Waals surface area contributed by atoms with Gasteiger partial charge in [0.15, 0.2) is 0 Å². The van der Waals surface area contributed by atoms with E-state index in [-0.39, 0.29) is 0 Å². The summed E-state index contributed by atoms with van der Waals surface area (Å²) in [6.07, 6.45) is 0.961. The fourth-order valence-electron chi connectivity index (χ4n) is 2.48. The van der Waals surface area contributed by atoms with E-state index in [9.17, 15) is 0 Å². The number of benzene rings is 1. The molecule has 5 heteroatoms. The number of methoxy groups -OCH3 is 1. The third-order valence-electron chi connectivity index (χ3n) is 3.44. The van der Waals surface area contributed by atoms with Gasteiger partial charge in [-0.3, -0.25) is 0 Å². The Labute approximate surface area is 117 Å². The molecule has 1 aliphatic rings. The molecule has 0 radical (unpaired) electrons. The molecule has 0 atom stereocenters. The highest BCUT2D eigenvalue weighted by molar-refractivity contribution is 8.00. The molecule has 94 valence electrons. The molecule has 1 aromatic carbocycles. The van der Waals surface area contributed by atoms with Crippen molar-refractivity contribution in [3.8, 4) is 5.75 Å².